The van der Waals surface area contributed by atoms with Crippen molar-refractivity contribution in [2.75, 3.05) is 19.6 Å². The van der Waals surface area contributed by atoms with E-state index in [0.29, 0.717) is 13.0 Å². The number of ether oxygens (including phenoxy) is 1. The maximum absolute atomic E-state index is 12.2. The molecule has 1 N–H and O–H groups in total. The topological polar surface area (TPSA) is 70.1 Å². The van der Waals surface area contributed by atoms with E-state index < -0.39 is 23.7 Å². The number of carbonyl (C=O) groups excluding carboxylic acids is 1. The van der Waals surface area contributed by atoms with Crippen molar-refractivity contribution < 1.29 is 19.4 Å². The molecule has 1 amide bonds. The number of carbonyl (C=O) groups is 2. The van der Waals surface area contributed by atoms with Gasteiger partial charge in [0.15, 0.2) is 0 Å². The van der Waals surface area contributed by atoms with Gasteiger partial charge in [0.05, 0.1) is 0 Å². The maximum Gasteiger partial charge on any atom is 0.411 e. The van der Waals surface area contributed by atoms with Crippen molar-refractivity contribution in [2.24, 2.45) is 0 Å². The van der Waals surface area contributed by atoms with Gasteiger partial charge >= 0.3 is 12.1 Å². The van der Waals surface area contributed by atoms with E-state index in [-0.39, 0.29) is 6.04 Å². The summed E-state index contributed by atoms with van der Waals surface area (Å²) in [7, 11) is 0. The minimum absolute atomic E-state index is 0.138. The lowest BCUT2D eigenvalue weighted by atomic mass is 10.1. The average Bonchev–Trinajstić information content (AvgIpc) is 2.83. The molecule has 6 nitrogen and oxygen atoms in total. The summed E-state index contributed by atoms with van der Waals surface area (Å²) in [5, 5.41) is 9.38. The number of rotatable bonds is 2. The zero-order valence-electron chi connectivity index (χ0n) is 13.2. The van der Waals surface area contributed by atoms with E-state index in [9.17, 15) is 14.7 Å². The monoisotopic (exact) mass is 298 g/mol. The molecule has 2 aliphatic rings. The second kappa shape index (κ2) is 6.22. The minimum atomic E-state index is -0.944. The number of carboxylic acid groups (broad SMARTS) is 1. The first-order valence-corrected chi connectivity index (χ1v) is 7.74. The first-order valence-electron chi connectivity index (χ1n) is 7.74. The van der Waals surface area contributed by atoms with E-state index in [1.54, 1.807) is 20.8 Å². The van der Waals surface area contributed by atoms with Crippen LogP contribution in [0.5, 0.6) is 0 Å². The van der Waals surface area contributed by atoms with E-state index in [1.165, 1.54) is 11.3 Å². The van der Waals surface area contributed by atoms with Crippen LogP contribution >= 0.6 is 0 Å². The van der Waals surface area contributed by atoms with Crippen molar-refractivity contribution in [3.63, 3.8) is 0 Å². The Kier molecular flexibility index (Phi) is 4.76. The smallest absolute Gasteiger partial charge is 0.411 e. The predicted octanol–water partition coefficient (Wildman–Crippen LogP) is 1.93. The number of hydrogen-bond donors (Lipinski definition) is 1. The molecule has 0 aromatic heterocycles. The van der Waals surface area contributed by atoms with Gasteiger partial charge in [0, 0.05) is 12.6 Å². The van der Waals surface area contributed by atoms with Crippen molar-refractivity contribution in [3.8, 4) is 0 Å². The van der Waals surface area contributed by atoms with Crippen molar-refractivity contribution in [1.29, 1.82) is 0 Å². The van der Waals surface area contributed by atoms with Crippen molar-refractivity contribution >= 4 is 12.1 Å². The third-order valence-electron chi connectivity index (χ3n) is 4.10. The summed E-state index contributed by atoms with van der Waals surface area (Å²) in [5.41, 5.74) is -0.608. The van der Waals surface area contributed by atoms with Gasteiger partial charge in [-0.25, -0.2) is 9.59 Å². The maximum atomic E-state index is 12.2. The average molecular weight is 298 g/mol. The van der Waals surface area contributed by atoms with Crippen LogP contribution in [0.2, 0.25) is 0 Å². The fourth-order valence-electron chi connectivity index (χ4n) is 3.12. The zero-order valence-corrected chi connectivity index (χ0v) is 13.2. The molecule has 0 aromatic rings. The highest BCUT2D eigenvalue weighted by molar-refractivity contribution is 5.81. The van der Waals surface area contributed by atoms with Crippen LogP contribution < -0.4 is 0 Å². The molecule has 2 saturated heterocycles. The third kappa shape index (κ3) is 4.09. The summed E-state index contributed by atoms with van der Waals surface area (Å²) >= 11 is 0. The van der Waals surface area contributed by atoms with Crippen LogP contribution in [-0.4, -0.2) is 64.3 Å². The number of aliphatic carboxylic acids is 1. The van der Waals surface area contributed by atoms with Crippen LogP contribution in [0.3, 0.4) is 0 Å². The van der Waals surface area contributed by atoms with E-state index in [1.807, 2.05) is 0 Å². The van der Waals surface area contributed by atoms with Crippen LogP contribution in [0.15, 0.2) is 0 Å². The SMILES string of the molecule is CC(C)(C)OC(=O)N1C[C@H](N2CCCCC2)C[C@H]1C(=O)O. The molecular weight excluding hydrogens is 272 g/mol. The fourth-order valence-corrected chi connectivity index (χ4v) is 3.12. The predicted molar refractivity (Wildman–Crippen MR) is 78.2 cm³/mol. The summed E-state index contributed by atoms with van der Waals surface area (Å²) in [4.78, 5) is 27.4. The Bertz CT molecular complexity index is 399. The quantitative estimate of drug-likeness (QED) is 0.843. The Labute approximate surface area is 126 Å². The molecular formula is C15H26N2O4. The second-order valence-corrected chi connectivity index (χ2v) is 6.97. The lowest BCUT2D eigenvalue weighted by Crippen LogP contribution is -2.44. The highest BCUT2D eigenvalue weighted by Crippen LogP contribution is 2.26. The molecule has 2 atom stereocenters. The number of likely N-dealkylation sites (tertiary alicyclic amines) is 2. The molecule has 21 heavy (non-hydrogen) atoms. The zero-order chi connectivity index (χ0) is 15.6. The van der Waals surface area contributed by atoms with Gasteiger partial charge in [0.2, 0.25) is 0 Å². The molecule has 6 heteroatoms. The third-order valence-corrected chi connectivity index (χ3v) is 4.10. The largest absolute Gasteiger partial charge is 0.480 e. The Balaban J connectivity index is 2.04. The number of carboxylic acids is 1. The first-order chi connectivity index (χ1) is 9.78. The summed E-state index contributed by atoms with van der Waals surface area (Å²) in [6.45, 7) is 7.82. The van der Waals surface area contributed by atoms with Crippen LogP contribution in [0.4, 0.5) is 4.79 Å². The van der Waals surface area contributed by atoms with Gasteiger partial charge in [-0.1, -0.05) is 6.42 Å². The van der Waals surface area contributed by atoms with E-state index in [4.69, 9.17) is 4.74 Å². The Hall–Kier alpha value is -1.30. The lowest BCUT2D eigenvalue weighted by Gasteiger charge is -2.32. The van der Waals surface area contributed by atoms with Crippen molar-refractivity contribution in [1.82, 2.24) is 9.80 Å². The minimum Gasteiger partial charge on any atom is -0.480 e. The number of piperidine rings is 1. The van der Waals surface area contributed by atoms with Gasteiger partial charge < -0.3 is 9.84 Å². The second-order valence-electron chi connectivity index (χ2n) is 6.97. The molecule has 0 bridgehead atoms. The number of nitrogens with zero attached hydrogens (tertiary/aromatic N) is 2. The van der Waals surface area contributed by atoms with Crippen LogP contribution in [0.1, 0.15) is 46.5 Å². The molecule has 0 aromatic carbocycles. The Morgan fingerprint density at radius 2 is 1.76 bits per heavy atom. The Morgan fingerprint density at radius 1 is 1.14 bits per heavy atom. The van der Waals surface area contributed by atoms with E-state index >= 15 is 0 Å². The molecule has 2 heterocycles. The first kappa shape index (κ1) is 16.1. The molecule has 0 unspecified atom stereocenters. The van der Waals surface area contributed by atoms with Gasteiger partial charge in [-0.05, 0) is 53.1 Å². The number of amides is 1. The van der Waals surface area contributed by atoms with Gasteiger partial charge in [-0.2, -0.15) is 0 Å². The Morgan fingerprint density at radius 3 is 2.29 bits per heavy atom. The summed E-state index contributed by atoms with van der Waals surface area (Å²) in [6.07, 6.45) is 3.52. The highest BCUT2D eigenvalue weighted by atomic mass is 16.6. The van der Waals surface area contributed by atoms with Gasteiger partial charge in [0.1, 0.15) is 11.6 Å². The standard InChI is InChI=1S/C15H26N2O4/c1-15(2,3)21-14(20)17-10-11(9-12(17)13(18)19)16-7-5-4-6-8-16/h11-12H,4-10H2,1-3H3,(H,18,19)/t11-,12+/m1/s1. The van der Waals surface area contributed by atoms with Crippen molar-refractivity contribution in [2.45, 2.75) is 64.1 Å². The van der Waals surface area contributed by atoms with Gasteiger partial charge in [-0.15, -0.1) is 0 Å². The van der Waals surface area contributed by atoms with Crippen LogP contribution in [-0.2, 0) is 9.53 Å². The fraction of sp³-hybridized carbons (Fsp3) is 0.867. The van der Waals surface area contributed by atoms with Gasteiger partial charge in [0.25, 0.3) is 0 Å². The lowest BCUT2D eigenvalue weighted by molar-refractivity contribution is -0.142. The van der Waals surface area contributed by atoms with Crippen molar-refractivity contribution in [3.05, 3.63) is 0 Å². The summed E-state index contributed by atoms with van der Waals surface area (Å²) in [6, 6.07) is -0.634. The van der Waals surface area contributed by atoms with E-state index in [0.717, 1.165) is 25.9 Å². The number of hydrogen-bond acceptors (Lipinski definition) is 4. The molecule has 120 valence electrons. The normalized spacial score (nSPS) is 27.7. The van der Waals surface area contributed by atoms with E-state index in [2.05, 4.69) is 4.90 Å². The summed E-state index contributed by atoms with van der Waals surface area (Å²) < 4.78 is 5.34. The molecule has 0 saturated carbocycles. The van der Waals surface area contributed by atoms with Gasteiger partial charge in [-0.3, -0.25) is 9.80 Å². The molecule has 2 rings (SSSR count). The molecule has 0 aliphatic carbocycles. The van der Waals surface area contributed by atoms with Crippen LogP contribution in [0, 0.1) is 0 Å². The molecule has 2 fully saturated rings. The molecule has 0 radical (unpaired) electrons. The summed E-state index contributed by atoms with van der Waals surface area (Å²) in [5.74, 6) is -0.944. The molecule has 0 spiro atoms. The molecule has 2 aliphatic heterocycles. The highest BCUT2D eigenvalue weighted by Gasteiger charge is 2.43. The van der Waals surface area contributed by atoms with Crippen LogP contribution in [0.25, 0.3) is 0 Å².